The van der Waals surface area contributed by atoms with Gasteiger partial charge in [-0.2, -0.15) is 5.53 Å². The lowest BCUT2D eigenvalue weighted by Crippen LogP contribution is -2.56. The van der Waals surface area contributed by atoms with Gasteiger partial charge in [-0.05, 0) is 20.8 Å². The molecule has 0 atom stereocenters. The van der Waals surface area contributed by atoms with Gasteiger partial charge in [0, 0.05) is 26.2 Å². The van der Waals surface area contributed by atoms with Gasteiger partial charge >= 0.3 is 6.09 Å². The van der Waals surface area contributed by atoms with Crippen molar-refractivity contribution in [3.05, 3.63) is 0 Å². The van der Waals surface area contributed by atoms with E-state index in [0.29, 0.717) is 0 Å². The number of carbonyl (C=O) groups is 1. The summed E-state index contributed by atoms with van der Waals surface area (Å²) in [7, 11) is 0. The van der Waals surface area contributed by atoms with Crippen LogP contribution >= 0.6 is 0 Å². The Kier molecular flexibility index (Phi) is 4.31. The molecule has 1 saturated heterocycles. The van der Waals surface area contributed by atoms with E-state index in [1.807, 2.05) is 25.8 Å². The van der Waals surface area contributed by atoms with E-state index in [-0.39, 0.29) is 0 Å². The van der Waals surface area contributed by atoms with Gasteiger partial charge < -0.3 is 10.1 Å². The van der Waals surface area contributed by atoms with Gasteiger partial charge in [0.1, 0.15) is 5.60 Å². The largest absolute Gasteiger partial charge is 0.443 e. The van der Waals surface area contributed by atoms with Crippen LogP contribution in [0.3, 0.4) is 0 Å². The lowest BCUT2D eigenvalue weighted by molar-refractivity contribution is 0.0371. The van der Waals surface area contributed by atoms with Crippen molar-refractivity contribution in [1.29, 1.82) is 0 Å². The SMILES string of the molecule is CC(C)(C)OC(=O)NNN1CCNCC1. The predicted octanol–water partition coefficient (Wildman–Crippen LogP) is -0.164. The van der Waals surface area contributed by atoms with Crippen molar-refractivity contribution in [3.63, 3.8) is 0 Å². The number of carbonyl (C=O) groups excluding carboxylic acids is 1. The van der Waals surface area contributed by atoms with Crippen molar-refractivity contribution in [2.45, 2.75) is 26.4 Å². The minimum atomic E-state index is -0.463. The predicted molar refractivity (Wildman–Crippen MR) is 56.9 cm³/mol. The number of ether oxygens (including phenoxy) is 1. The molecule has 6 heteroatoms. The minimum absolute atomic E-state index is 0.457. The Morgan fingerprint density at radius 1 is 1.33 bits per heavy atom. The third kappa shape index (κ3) is 5.56. The zero-order valence-electron chi connectivity index (χ0n) is 9.59. The van der Waals surface area contributed by atoms with Crippen LogP contribution in [0, 0.1) is 0 Å². The smallest absolute Gasteiger partial charge is 0.423 e. The van der Waals surface area contributed by atoms with Gasteiger partial charge in [0.15, 0.2) is 0 Å². The van der Waals surface area contributed by atoms with Crippen LogP contribution in [0.15, 0.2) is 0 Å². The first-order valence-electron chi connectivity index (χ1n) is 5.18. The van der Waals surface area contributed by atoms with Crippen LogP contribution < -0.4 is 16.3 Å². The Labute approximate surface area is 90.3 Å². The fourth-order valence-electron chi connectivity index (χ4n) is 1.20. The average Bonchev–Trinajstić information content (AvgIpc) is 2.14. The molecule has 0 radical (unpaired) electrons. The number of hydrazine groups is 2. The number of nitrogens with zero attached hydrogens (tertiary/aromatic N) is 1. The normalized spacial score (nSPS) is 18.6. The number of hydrogen-bond acceptors (Lipinski definition) is 5. The Balaban J connectivity index is 2.15. The van der Waals surface area contributed by atoms with Crippen LogP contribution in [0.1, 0.15) is 20.8 Å². The fourth-order valence-corrected chi connectivity index (χ4v) is 1.20. The molecule has 1 aliphatic rings. The molecule has 1 fully saturated rings. The molecule has 15 heavy (non-hydrogen) atoms. The van der Waals surface area contributed by atoms with Crippen molar-refractivity contribution in [1.82, 2.24) is 21.3 Å². The maximum atomic E-state index is 11.3. The first-order valence-corrected chi connectivity index (χ1v) is 5.18. The summed E-state index contributed by atoms with van der Waals surface area (Å²) in [5.74, 6) is 0. The van der Waals surface area contributed by atoms with E-state index in [1.54, 1.807) is 0 Å². The zero-order chi connectivity index (χ0) is 11.3. The summed E-state index contributed by atoms with van der Waals surface area (Å²) in [6.07, 6.45) is -0.457. The van der Waals surface area contributed by atoms with Gasteiger partial charge in [-0.15, -0.1) is 0 Å². The zero-order valence-corrected chi connectivity index (χ0v) is 9.59. The Morgan fingerprint density at radius 3 is 2.47 bits per heavy atom. The van der Waals surface area contributed by atoms with E-state index < -0.39 is 11.7 Å². The third-order valence-electron chi connectivity index (χ3n) is 1.83. The molecule has 3 N–H and O–H groups in total. The molecule has 1 rings (SSSR count). The summed E-state index contributed by atoms with van der Waals surface area (Å²) in [5, 5.41) is 5.15. The van der Waals surface area contributed by atoms with Crippen LogP contribution in [0.5, 0.6) is 0 Å². The van der Waals surface area contributed by atoms with Gasteiger partial charge in [-0.1, -0.05) is 0 Å². The molecule has 1 heterocycles. The van der Waals surface area contributed by atoms with E-state index in [2.05, 4.69) is 16.3 Å². The highest BCUT2D eigenvalue weighted by molar-refractivity contribution is 5.66. The van der Waals surface area contributed by atoms with Gasteiger partial charge in [-0.25, -0.2) is 15.2 Å². The van der Waals surface area contributed by atoms with Crippen molar-refractivity contribution >= 4 is 6.09 Å². The topological polar surface area (TPSA) is 65.6 Å². The number of rotatable bonds is 2. The van der Waals surface area contributed by atoms with Gasteiger partial charge in [-0.3, -0.25) is 0 Å². The monoisotopic (exact) mass is 216 g/mol. The number of nitrogens with one attached hydrogen (secondary N) is 3. The molecule has 0 saturated carbocycles. The van der Waals surface area contributed by atoms with E-state index in [9.17, 15) is 4.79 Å². The lowest BCUT2D eigenvalue weighted by atomic mass is 10.2. The van der Waals surface area contributed by atoms with Crippen LogP contribution in [-0.4, -0.2) is 42.9 Å². The lowest BCUT2D eigenvalue weighted by Gasteiger charge is -2.28. The molecule has 0 aliphatic carbocycles. The average molecular weight is 216 g/mol. The minimum Gasteiger partial charge on any atom is -0.443 e. The highest BCUT2D eigenvalue weighted by atomic mass is 16.6. The molecule has 6 nitrogen and oxygen atoms in total. The van der Waals surface area contributed by atoms with E-state index >= 15 is 0 Å². The van der Waals surface area contributed by atoms with E-state index in [1.165, 1.54) is 0 Å². The molecule has 0 unspecified atom stereocenters. The molecule has 88 valence electrons. The second-order valence-electron chi connectivity index (χ2n) is 4.48. The van der Waals surface area contributed by atoms with Gasteiger partial charge in [0.25, 0.3) is 0 Å². The van der Waals surface area contributed by atoms with Crippen molar-refractivity contribution in [2.75, 3.05) is 26.2 Å². The molecule has 0 aromatic carbocycles. The first kappa shape index (κ1) is 12.2. The standard InChI is InChI=1S/C9H20N4O2/c1-9(2,3)15-8(14)11-12-13-6-4-10-5-7-13/h10,12H,4-7H2,1-3H3,(H,11,14). The highest BCUT2D eigenvalue weighted by Gasteiger charge is 2.16. The first-order chi connectivity index (χ1) is 6.97. The second kappa shape index (κ2) is 5.29. The summed E-state index contributed by atoms with van der Waals surface area (Å²) in [4.78, 5) is 11.3. The van der Waals surface area contributed by atoms with Crippen LogP contribution in [0.2, 0.25) is 0 Å². The van der Waals surface area contributed by atoms with E-state index in [0.717, 1.165) is 26.2 Å². The number of piperazine rings is 1. The molecule has 0 spiro atoms. The maximum Gasteiger partial charge on any atom is 0.423 e. The summed E-state index contributed by atoms with van der Waals surface area (Å²) < 4.78 is 5.07. The summed E-state index contributed by atoms with van der Waals surface area (Å²) in [5.41, 5.74) is 4.85. The second-order valence-corrected chi connectivity index (χ2v) is 4.48. The third-order valence-corrected chi connectivity index (χ3v) is 1.83. The van der Waals surface area contributed by atoms with Crippen molar-refractivity contribution < 1.29 is 9.53 Å². The van der Waals surface area contributed by atoms with Crippen LogP contribution in [0.25, 0.3) is 0 Å². The summed E-state index contributed by atoms with van der Waals surface area (Å²) in [6, 6.07) is 0. The van der Waals surface area contributed by atoms with E-state index in [4.69, 9.17) is 4.74 Å². The fraction of sp³-hybridized carbons (Fsp3) is 0.889. The number of hydrogen-bond donors (Lipinski definition) is 3. The van der Waals surface area contributed by atoms with Gasteiger partial charge in [0.2, 0.25) is 0 Å². The molecule has 1 amide bonds. The summed E-state index contributed by atoms with van der Waals surface area (Å²) in [6.45, 7) is 9.05. The molecule has 0 aromatic rings. The van der Waals surface area contributed by atoms with Crippen LogP contribution in [0.4, 0.5) is 4.79 Å². The summed E-state index contributed by atoms with van der Waals surface area (Å²) >= 11 is 0. The van der Waals surface area contributed by atoms with Crippen molar-refractivity contribution in [3.8, 4) is 0 Å². The maximum absolute atomic E-state index is 11.3. The van der Waals surface area contributed by atoms with Crippen molar-refractivity contribution in [2.24, 2.45) is 0 Å². The van der Waals surface area contributed by atoms with Crippen LogP contribution in [-0.2, 0) is 4.74 Å². The Morgan fingerprint density at radius 2 is 1.93 bits per heavy atom. The quantitative estimate of drug-likeness (QED) is 0.560. The molecule has 0 aromatic heterocycles. The molecule has 0 bridgehead atoms. The Bertz CT molecular complexity index is 209. The molecule has 1 aliphatic heterocycles. The molecular formula is C9H20N4O2. The highest BCUT2D eigenvalue weighted by Crippen LogP contribution is 2.05. The molecular weight excluding hydrogens is 196 g/mol. The number of amides is 1. The van der Waals surface area contributed by atoms with Gasteiger partial charge in [0.05, 0.1) is 0 Å². The Hall–Kier alpha value is -0.850.